The molecule has 29 heavy (non-hydrogen) atoms. The average molecular weight is 424 g/mol. The fourth-order valence-electron chi connectivity index (χ4n) is 3.50. The Morgan fingerprint density at radius 3 is 2.03 bits per heavy atom. The minimum Gasteiger partial charge on any atom is -0.507 e. The van der Waals surface area contributed by atoms with Crippen LogP contribution < -0.4 is 4.52 Å². The van der Waals surface area contributed by atoms with Crippen LogP contribution in [0.15, 0.2) is 72.8 Å². The summed E-state index contributed by atoms with van der Waals surface area (Å²) in [5, 5.41) is 14.8. The maximum absolute atomic E-state index is 10.9. The lowest BCUT2D eigenvalue weighted by atomic mass is 9.92. The Morgan fingerprint density at radius 1 is 0.828 bits per heavy atom. The first kappa shape index (κ1) is 19.9. The molecule has 0 radical (unpaired) electrons. The van der Waals surface area contributed by atoms with E-state index < -0.39 is 6.72 Å². The highest BCUT2D eigenvalue weighted by atomic mass is 32.5. The van der Waals surface area contributed by atoms with Crippen molar-refractivity contribution < 1.29 is 18.7 Å². The van der Waals surface area contributed by atoms with E-state index in [2.05, 4.69) is 0 Å². The number of benzene rings is 4. The van der Waals surface area contributed by atoms with Gasteiger partial charge in [0.1, 0.15) is 11.5 Å². The number of phenols is 1. The van der Waals surface area contributed by atoms with Gasteiger partial charge in [0.05, 0.1) is 6.61 Å². The van der Waals surface area contributed by atoms with Gasteiger partial charge in [-0.3, -0.25) is 4.52 Å². The van der Waals surface area contributed by atoms with E-state index in [1.807, 2.05) is 73.7 Å². The topological polar surface area (TPSA) is 47.9 Å². The molecule has 0 aliphatic heterocycles. The van der Waals surface area contributed by atoms with Gasteiger partial charge in [0.15, 0.2) is 0 Å². The van der Waals surface area contributed by atoms with Crippen molar-refractivity contribution in [3.63, 3.8) is 0 Å². The Morgan fingerprint density at radius 2 is 1.41 bits per heavy atom. The first-order valence-corrected chi connectivity index (χ1v) is 11.8. The summed E-state index contributed by atoms with van der Waals surface area (Å²) >= 11 is 5.53. The van der Waals surface area contributed by atoms with Crippen LogP contribution in [-0.2, 0) is 20.9 Å². The Labute approximate surface area is 174 Å². The third-order valence-electron chi connectivity index (χ3n) is 4.77. The van der Waals surface area contributed by atoms with E-state index in [1.165, 1.54) is 7.11 Å². The number of hydrogen-bond donors (Lipinski definition) is 1. The van der Waals surface area contributed by atoms with E-state index in [0.717, 1.165) is 27.1 Å². The highest BCUT2D eigenvalue weighted by molar-refractivity contribution is 8.07. The SMILES string of the molecule is CCO[P@@](=S)(OC)Oc1ccc2ccccc2c1-c1c(O)ccc2ccccc12. The smallest absolute Gasteiger partial charge is 0.380 e. The second-order valence-electron chi connectivity index (χ2n) is 6.48. The van der Waals surface area contributed by atoms with Gasteiger partial charge in [0.2, 0.25) is 0 Å². The molecule has 4 rings (SSSR count). The largest absolute Gasteiger partial charge is 0.507 e. The highest BCUT2D eigenvalue weighted by Crippen LogP contribution is 2.53. The molecule has 0 fully saturated rings. The molecule has 6 heteroatoms. The molecule has 4 nitrogen and oxygen atoms in total. The van der Waals surface area contributed by atoms with Crippen LogP contribution in [0.2, 0.25) is 0 Å². The molecule has 4 aromatic rings. The lowest BCUT2D eigenvalue weighted by molar-refractivity contribution is 0.242. The average Bonchev–Trinajstić information content (AvgIpc) is 2.74. The van der Waals surface area contributed by atoms with Crippen molar-refractivity contribution in [1.29, 1.82) is 0 Å². The molecule has 0 saturated carbocycles. The van der Waals surface area contributed by atoms with Gasteiger partial charge in [-0.25, -0.2) is 0 Å². The Bertz CT molecular complexity index is 1240. The molecule has 4 aromatic carbocycles. The zero-order valence-electron chi connectivity index (χ0n) is 16.2. The molecule has 0 spiro atoms. The third-order valence-corrected chi connectivity index (χ3v) is 7.20. The fourth-order valence-corrected chi connectivity index (χ4v) is 5.00. The summed E-state index contributed by atoms with van der Waals surface area (Å²) < 4.78 is 17.2. The number of hydrogen-bond acceptors (Lipinski definition) is 5. The second kappa shape index (κ2) is 8.13. The summed E-state index contributed by atoms with van der Waals surface area (Å²) in [7, 11) is 1.49. The zero-order chi connectivity index (χ0) is 20.4. The van der Waals surface area contributed by atoms with E-state index in [1.54, 1.807) is 6.07 Å². The molecule has 0 bridgehead atoms. The van der Waals surface area contributed by atoms with Crippen LogP contribution in [0.4, 0.5) is 0 Å². The molecule has 0 aromatic heterocycles. The summed E-state index contributed by atoms with van der Waals surface area (Å²) in [5.41, 5.74) is 1.47. The maximum Gasteiger partial charge on any atom is 0.380 e. The van der Waals surface area contributed by atoms with Gasteiger partial charge >= 0.3 is 6.72 Å². The molecule has 0 heterocycles. The Balaban J connectivity index is 2.06. The number of rotatable bonds is 6. The van der Waals surface area contributed by atoms with Crippen molar-refractivity contribution in [2.45, 2.75) is 6.92 Å². The van der Waals surface area contributed by atoms with Gasteiger partial charge < -0.3 is 14.2 Å². The third kappa shape index (κ3) is 3.75. The number of fused-ring (bicyclic) bond motifs is 2. The number of aromatic hydroxyl groups is 1. The van der Waals surface area contributed by atoms with Crippen molar-refractivity contribution in [3.8, 4) is 22.6 Å². The van der Waals surface area contributed by atoms with Gasteiger partial charge in [-0.15, -0.1) is 0 Å². The van der Waals surface area contributed by atoms with Crippen molar-refractivity contribution in [2.75, 3.05) is 13.7 Å². The molecular weight excluding hydrogens is 403 g/mol. The first-order valence-electron chi connectivity index (χ1n) is 9.29. The van der Waals surface area contributed by atoms with Gasteiger partial charge in [-0.1, -0.05) is 60.7 Å². The van der Waals surface area contributed by atoms with Crippen LogP contribution in [0.5, 0.6) is 11.5 Å². The first-order chi connectivity index (χ1) is 14.1. The van der Waals surface area contributed by atoms with E-state index in [0.29, 0.717) is 17.9 Å². The Kier molecular flexibility index (Phi) is 5.57. The zero-order valence-corrected chi connectivity index (χ0v) is 17.9. The van der Waals surface area contributed by atoms with E-state index in [-0.39, 0.29) is 5.75 Å². The van der Waals surface area contributed by atoms with Gasteiger partial charge in [0, 0.05) is 30.0 Å². The van der Waals surface area contributed by atoms with Crippen LogP contribution in [0.25, 0.3) is 32.7 Å². The quantitative estimate of drug-likeness (QED) is 0.351. The maximum atomic E-state index is 10.9. The standard InChI is InChI=1S/C23H21O4PS/c1-3-26-28(29,25-2)27-21-15-13-17-9-5-7-11-19(17)23(21)22-18-10-6-4-8-16(18)12-14-20(22)24/h4-15,24H,3H2,1-2H3/t28-/m0/s1. The van der Waals surface area contributed by atoms with Crippen molar-refractivity contribution >= 4 is 40.1 Å². The predicted octanol–water partition coefficient (Wildman–Crippen LogP) is 6.65. The fraction of sp³-hybridized carbons (Fsp3) is 0.130. The van der Waals surface area contributed by atoms with Crippen molar-refractivity contribution in [3.05, 3.63) is 72.8 Å². The molecule has 0 aliphatic rings. The summed E-state index contributed by atoms with van der Waals surface area (Å²) in [6.07, 6.45) is 0. The highest BCUT2D eigenvalue weighted by Gasteiger charge is 2.25. The van der Waals surface area contributed by atoms with Gasteiger partial charge in [-0.05, 0) is 40.6 Å². The summed E-state index contributed by atoms with van der Waals surface area (Å²) in [6, 6.07) is 23.4. The molecule has 0 aliphatic carbocycles. The minimum absolute atomic E-state index is 0.173. The number of phenolic OH excluding ortho intramolecular Hbond substituents is 1. The van der Waals surface area contributed by atoms with Crippen molar-refractivity contribution in [1.82, 2.24) is 0 Å². The summed E-state index contributed by atoms with van der Waals surface area (Å²) in [4.78, 5) is 0. The van der Waals surface area contributed by atoms with E-state index in [4.69, 9.17) is 25.4 Å². The minimum atomic E-state index is -2.97. The molecule has 1 atom stereocenters. The van der Waals surface area contributed by atoms with Crippen LogP contribution in [0.1, 0.15) is 6.92 Å². The van der Waals surface area contributed by atoms with Crippen molar-refractivity contribution in [2.24, 2.45) is 0 Å². The van der Waals surface area contributed by atoms with E-state index >= 15 is 0 Å². The van der Waals surface area contributed by atoms with Gasteiger partial charge in [0.25, 0.3) is 0 Å². The lowest BCUT2D eigenvalue weighted by Crippen LogP contribution is -2.01. The van der Waals surface area contributed by atoms with Gasteiger partial charge in [-0.2, -0.15) is 0 Å². The van der Waals surface area contributed by atoms with Crippen LogP contribution in [0.3, 0.4) is 0 Å². The van der Waals surface area contributed by atoms with Crippen LogP contribution >= 0.6 is 6.72 Å². The molecule has 148 valence electrons. The summed E-state index contributed by atoms with van der Waals surface area (Å²) in [6.45, 7) is -0.740. The second-order valence-corrected chi connectivity index (χ2v) is 9.52. The van der Waals surface area contributed by atoms with E-state index in [9.17, 15) is 5.11 Å². The van der Waals surface area contributed by atoms with Crippen LogP contribution in [0, 0.1) is 0 Å². The normalized spacial score (nSPS) is 13.4. The summed E-state index contributed by atoms with van der Waals surface area (Å²) in [5.74, 6) is 0.695. The molecule has 0 saturated heterocycles. The molecule has 0 amide bonds. The van der Waals surface area contributed by atoms with Crippen LogP contribution in [-0.4, -0.2) is 18.8 Å². The Hall–Kier alpha value is -2.43. The monoisotopic (exact) mass is 424 g/mol. The lowest BCUT2D eigenvalue weighted by Gasteiger charge is -2.23. The molecule has 1 N–H and O–H groups in total. The molecule has 0 unspecified atom stereocenters. The predicted molar refractivity (Wildman–Crippen MR) is 122 cm³/mol. The molecular formula is C23H21O4PS.